The second-order valence-corrected chi connectivity index (χ2v) is 12.5. The van der Waals surface area contributed by atoms with Gasteiger partial charge in [0.1, 0.15) is 11.8 Å². The number of carbonyl (C=O) groups excluding carboxylic acids is 3. The Morgan fingerprint density at radius 3 is 2.39 bits per heavy atom. The van der Waals surface area contributed by atoms with Gasteiger partial charge >= 0.3 is 0 Å². The number of benzene rings is 3. The summed E-state index contributed by atoms with van der Waals surface area (Å²) in [5.74, 6) is -1.25. The molecule has 1 heterocycles. The standard InChI is InChI=1S/C32H37N3O5S/c1-20-11-8-9-14-23(20)18-33-30(39)28-32(3,4)41-19-35(28)31(40)27(37)25(17-22-12-6-5-7-13-22)34-29(38)24-15-10-16-26(36)21(24)2/h5-16,25,27-28,36-37H,17-19H2,1-4H3,(H,33,39)(H,34,38). The number of thioether (sulfide) groups is 1. The number of rotatable bonds is 9. The predicted octanol–water partition coefficient (Wildman–Crippen LogP) is 3.71. The summed E-state index contributed by atoms with van der Waals surface area (Å²) >= 11 is 1.46. The van der Waals surface area contributed by atoms with Crippen LogP contribution in [-0.2, 0) is 22.6 Å². The van der Waals surface area contributed by atoms with E-state index in [1.807, 2.05) is 75.4 Å². The Bertz CT molecular complexity index is 1410. The van der Waals surface area contributed by atoms with Crippen molar-refractivity contribution in [1.82, 2.24) is 15.5 Å². The summed E-state index contributed by atoms with van der Waals surface area (Å²) in [6, 6.07) is 19.9. The maximum atomic E-state index is 13.8. The fourth-order valence-corrected chi connectivity index (χ4v) is 6.21. The molecule has 3 unspecified atom stereocenters. The third kappa shape index (κ3) is 6.92. The van der Waals surface area contributed by atoms with Crippen LogP contribution < -0.4 is 10.6 Å². The van der Waals surface area contributed by atoms with Crippen molar-refractivity contribution in [1.29, 1.82) is 0 Å². The van der Waals surface area contributed by atoms with Crippen molar-refractivity contribution < 1.29 is 24.6 Å². The van der Waals surface area contributed by atoms with E-state index in [1.54, 1.807) is 19.1 Å². The van der Waals surface area contributed by atoms with Crippen LogP contribution in [-0.4, -0.2) is 61.6 Å². The summed E-state index contributed by atoms with van der Waals surface area (Å²) in [7, 11) is 0. The van der Waals surface area contributed by atoms with Crippen molar-refractivity contribution in [3.05, 3.63) is 101 Å². The molecule has 3 aromatic carbocycles. The van der Waals surface area contributed by atoms with Crippen LogP contribution >= 0.6 is 11.8 Å². The van der Waals surface area contributed by atoms with Gasteiger partial charge in [-0.05, 0) is 62.9 Å². The Kier molecular flexibility index (Phi) is 9.40. The number of nitrogens with one attached hydrogen (secondary N) is 2. The number of aliphatic hydroxyl groups is 1. The molecular formula is C32H37N3O5S. The lowest BCUT2D eigenvalue weighted by atomic mass is 9.96. The van der Waals surface area contributed by atoms with Gasteiger partial charge < -0.3 is 25.7 Å². The summed E-state index contributed by atoms with van der Waals surface area (Å²) in [5, 5.41) is 27.3. The van der Waals surface area contributed by atoms with Gasteiger partial charge in [-0.1, -0.05) is 60.7 Å². The molecule has 8 nitrogen and oxygen atoms in total. The molecule has 0 aliphatic carbocycles. The molecule has 0 aromatic heterocycles. The molecule has 0 saturated carbocycles. The Morgan fingerprint density at radius 1 is 1.00 bits per heavy atom. The van der Waals surface area contributed by atoms with Crippen LogP contribution in [0, 0.1) is 13.8 Å². The van der Waals surface area contributed by atoms with Crippen LogP contribution in [0.4, 0.5) is 0 Å². The van der Waals surface area contributed by atoms with Gasteiger partial charge in [0.25, 0.3) is 11.8 Å². The summed E-state index contributed by atoms with van der Waals surface area (Å²) in [4.78, 5) is 42.0. The lowest BCUT2D eigenvalue weighted by Gasteiger charge is -2.33. The fourth-order valence-electron chi connectivity index (χ4n) is 5.07. The molecule has 1 aliphatic rings. The minimum atomic E-state index is -1.61. The number of aryl methyl sites for hydroxylation is 1. The molecular weight excluding hydrogens is 538 g/mol. The molecule has 3 aromatic rings. The number of aromatic hydroxyl groups is 1. The highest BCUT2D eigenvalue weighted by Crippen LogP contribution is 2.40. The van der Waals surface area contributed by atoms with Gasteiger partial charge in [-0.2, -0.15) is 0 Å². The largest absolute Gasteiger partial charge is 0.508 e. The Morgan fingerprint density at radius 2 is 1.68 bits per heavy atom. The first-order valence-electron chi connectivity index (χ1n) is 13.6. The van der Waals surface area contributed by atoms with Gasteiger partial charge in [0, 0.05) is 22.4 Å². The van der Waals surface area contributed by atoms with Crippen LogP contribution in [0.15, 0.2) is 72.8 Å². The molecule has 216 valence electrons. The van der Waals surface area contributed by atoms with E-state index in [1.165, 1.54) is 22.7 Å². The summed E-state index contributed by atoms with van der Waals surface area (Å²) in [6.45, 7) is 7.74. The average molecular weight is 576 g/mol. The highest BCUT2D eigenvalue weighted by Gasteiger charge is 2.49. The topological polar surface area (TPSA) is 119 Å². The van der Waals surface area contributed by atoms with E-state index in [4.69, 9.17) is 0 Å². The van der Waals surface area contributed by atoms with Gasteiger partial charge in [0.05, 0.1) is 11.9 Å². The monoisotopic (exact) mass is 575 g/mol. The molecule has 9 heteroatoms. The Hall–Kier alpha value is -3.82. The van der Waals surface area contributed by atoms with Gasteiger partial charge in [-0.25, -0.2) is 0 Å². The van der Waals surface area contributed by atoms with Crippen molar-refractivity contribution >= 4 is 29.5 Å². The first-order chi connectivity index (χ1) is 19.5. The Balaban J connectivity index is 1.56. The SMILES string of the molecule is Cc1ccccc1CNC(=O)C1N(C(=O)C(O)C(Cc2ccccc2)NC(=O)c2cccc(O)c2C)CSC1(C)C. The van der Waals surface area contributed by atoms with Crippen molar-refractivity contribution in [2.45, 2.75) is 63.6 Å². The molecule has 1 saturated heterocycles. The van der Waals surface area contributed by atoms with Crippen molar-refractivity contribution in [2.24, 2.45) is 0 Å². The van der Waals surface area contributed by atoms with E-state index in [0.29, 0.717) is 12.1 Å². The number of hydrogen-bond acceptors (Lipinski definition) is 6. The molecule has 0 spiro atoms. The van der Waals surface area contributed by atoms with Gasteiger partial charge in [0.15, 0.2) is 6.10 Å². The van der Waals surface area contributed by atoms with Crippen LogP contribution in [0.2, 0.25) is 0 Å². The number of hydrogen-bond donors (Lipinski definition) is 4. The summed E-state index contributed by atoms with van der Waals surface area (Å²) in [6.07, 6.45) is -1.43. The van der Waals surface area contributed by atoms with E-state index in [2.05, 4.69) is 10.6 Å². The zero-order valence-corrected chi connectivity index (χ0v) is 24.6. The lowest BCUT2D eigenvalue weighted by molar-refractivity contribution is -0.147. The summed E-state index contributed by atoms with van der Waals surface area (Å²) < 4.78 is -0.595. The first kappa shape index (κ1) is 30.1. The van der Waals surface area contributed by atoms with Crippen LogP contribution in [0.25, 0.3) is 0 Å². The highest BCUT2D eigenvalue weighted by atomic mass is 32.2. The number of phenolic OH excluding ortho intramolecular Hbond substituents is 1. The van der Waals surface area contributed by atoms with Crippen LogP contribution in [0.1, 0.15) is 46.5 Å². The molecule has 3 amide bonds. The molecule has 4 rings (SSSR count). The lowest BCUT2D eigenvalue weighted by Crippen LogP contribution is -2.58. The summed E-state index contributed by atoms with van der Waals surface area (Å²) in [5.41, 5.74) is 3.50. The fraction of sp³-hybridized carbons (Fsp3) is 0.344. The minimum absolute atomic E-state index is 0.0234. The zero-order valence-electron chi connectivity index (χ0n) is 23.8. The van der Waals surface area contributed by atoms with Crippen LogP contribution in [0.5, 0.6) is 5.75 Å². The maximum absolute atomic E-state index is 13.8. The average Bonchev–Trinajstić information content (AvgIpc) is 3.28. The smallest absolute Gasteiger partial charge is 0.254 e. The maximum Gasteiger partial charge on any atom is 0.254 e. The molecule has 3 atom stereocenters. The molecule has 0 radical (unpaired) electrons. The van der Waals surface area contributed by atoms with Crippen molar-refractivity contribution in [3.63, 3.8) is 0 Å². The molecule has 1 fully saturated rings. The minimum Gasteiger partial charge on any atom is -0.508 e. The second-order valence-electron chi connectivity index (χ2n) is 10.9. The second kappa shape index (κ2) is 12.8. The van der Waals surface area contributed by atoms with E-state index in [-0.39, 0.29) is 29.5 Å². The molecule has 41 heavy (non-hydrogen) atoms. The van der Waals surface area contributed by atoms with E-state index >= 15 is 0 Å². The zero-order chi connectivity index (χ0) is 29.7. The number of phenols is 1. The van der Waals surface area contributed by atoms with Crippen molar-refractivity contribution in [2.75, 3.05) is 5.88 Å². The highest BCUT2D eigenvalue weighted by molar-refractivity contribution is 8.00. The first-order valence-corrected chi connectivity index (χ1v) is 14.6. The van der Waals surface area contributed by atoms with Gasteiger partial charge in [-0.3, -0.25) is 14.4 Å². The Labute approximate surface area is 245 Å². The normalized spacial score (nSPS) is 17.5. The third-order valence-electron chi connectivity index (χ3n) is 7.59. The number of aliphatic hydroxyl groups excluding tert-OH is 1. The van der Waals surface area contributed by atoms with Crippen molar-refractivity contribution in [3.8, 4) is 5.75 Å². The molecule has 1 aliphatic heterocycles. The number of nitrogens with zero attached hydrogens (tertiary/aromatic N) is 1. The van der Waals surface area contributed by atoms with E-state index < -0.39 is 34.7 Å². The van der Waals surface area contributed by atoms with Gasteiger partial charge in [0.2, 0.25) is 5.91 Å². The predicted molar refractivity (Wildman–Crippen MR) is 160 cm³/mol. The number of carbonyl (C=O) groups is 3. The molecule has 4 N–H and O–H groups in total. The van der Waals surface area contributed by atoms with Crippen LogP contribution in [0.3, 0.4) is 0 Å². The number of amides is 3. The third-order valence-corrected chi connectivity index (χ3v) is 8.97. The molecule has 0 bridgehead atoms. The van der Waals surface area contributed by atoms with E-state index in [9.17, 15) is 24.6 Å². The quantitative estimate of drug-likeness (QED) is 0.309. The van der Waals surface area contributed by atoms with E-state index in [0.717, 1.165) is 16.7 Å². The van der Waals surface area contributed by atoms with Gasteiger partial charge in [-0.15, -0.1) is 11.8 Å².